The first-order valence-electron chi connectivity index (χ1n) is 5.31. The number of aromatic nitrogens is 3. The molecule has 2 aromatic rings. The smallest absolute Gasteiger partial charge is 0.313 e. The summed E-state index contributed by atoms with van der Waals surface area (Å²) in [4.78, 5) is 11.7. The lowest BCUT2D eigenvalue weighted by Gasteiger charge is -2.07. The van der Waals surface area contributed by atoms with E-state index in [-0.39, 0.29) is 11.7 Å². The topological polar surface area (TPSA) is 94.0 Å². The Morgan fingerprint density at radius 2 is 2.05 bits per heavy atom. The van der Waals surface area contributed by atoms with Gasteiger partial charge in [0.2, 0.25) is 5.95 Å². The van der Waals surface area contributed by atoms with E-state index >= 15 is 0 Å². The van der Waals surface area contributed by atoms with Crippen molar-refractivity contribution in [1.82, 2.24) is 14.8 Å². The molecular weight excluding hydrogens is 284 g/mol. The Hall–Kier alpha value is -1.67. The number of hydrogen-bond donors (Lipinski definition) is 2. The van der Waals surface area contributed by atoms with Gasteiger partial charge in [-0.15, -0.1) is 22.0 Å². The first-order chi connectivity index (χ1) is 9.11. The summed E-state index contributed by atoms with van der Waals surface area (Å²) >= 11 is 2.73. The Morgan fingerprint density at radius 1 is 1.37 bits per heavy atom. The standard InChI is InChI=1S/C11H12N4O2S2/c1-18-8-4-2-7(3-5-8)15-10(12)13-14-11(15)19-6-9(16)17/h2-5H,6H2,1H3,(H2,12,13)(H,16,17). The van der Waals surface area contributed by atoms with Crippen LogP contribution in [0.3, 0.4) is 0 Å². The van der Waals surface area contributed by atoms with Crippen LogP contribution in [0.1, 0.15) is 0 Å². The molecule has 0 saturated heterocycles. The Morgan fingerprint density at radius 3 is 2.63 bits per heavy atom. The van der Waals surface area contributed by atoms with Gasteiger partial charge < -0.3 is 10.8 Å². The van der Waals surface area contributed by atoms with E-state index in [4.69, 9.17) is 10.8 Å². The molecule has 0 aliphatic heterocycles. The highest BCUT2D eigenvalue weighted by Crippen LogP contribution is 2.24. The van der Waals surface area contributed by atoms with Crippen molar-refractivity contribution in [3.63, 3.8) is 0 Å². The zero-order valence-electron chi connectivity index (χ0n) is 10.1. The van der Waals surface area contributed by atoms with Gasteiger partial charge in [0.1, 0.15) is 0 Å². The van der Waals surface area contributed by atoms with Crippen molar-refractivity contribution in [2.75, 3.05) is 17.7 Å². The minimum Gasteiger partial charge on any atom is -0.481 e. The number of benzene rings is 1. The van der Waals surface area contributed by atoms with Crippen molar-refractivity contribution in [1.29, 1.82) is 0 Å². The molecule has 0 radical (unpaired) electrons. The maximum absolute atomic E-state index is 10.6. The molecule has 1 aromatic carbocycles. The number of hydrogen-bond acceptors (Lipinski definition) is 6. The van der Waals surface area contributed by atoms with Gasteiger partial charge in [-0.25, -0.2) is 0 Å². The molecule has 1 aromatic heterocycles. The van der Waals surface area contributed by atoms with E-state index in [1.54, 1.807) is 16.3 Å². The average Bonchev–Trinajstić information content (AvgIpc) is 2.78. The van der Waals surface area contributed by atoms with Crippen LogP contribution in [0.5, 0.6) is 0 Å². The van der Waals surface area contributed by atoms with Crippen molar-refractivity contribution in [2.24, 2.45) is 0 Å². The minimum absolute atomic E-state index is 0.0823. The van der Waals surface area contributed by atoms with Gasteiger partial charge in [-0.1, -0.05) is 11.8 Å². The molecule has 6 nitrogen and oxygen atoms in total. The first kappa shape index (κ1) is 13.8. The molecule has 0 bridgehead atoms. The minimum atomic E-state index is -0.907. The summed E-state index contributed by atoms with van der Waals surface area (Å²) in [5, 5.41) is 16.8. The number of nitrogens with zero attached hydrogens (tertiary/aromatic N) is 3. The van der Waals surface area contributed by atoms with Gasteiger partial charge in [-0.3, -0.25) is 9.36 Å². The number of aliphatic carboxylic acids is 1. The second-order valence-electron chi connectivity index (χ2n) is 3.56. The third kappa shape index (κ3) is 3.21. The van der Waals surface area contributed by atoms with Crippen LogP contribution in [0.4, 0.5) is 5.95 Å². The fraction of sp³-hybridized carbons (Fsp3) is 0.182. The molecule has 100 valence electrons. The van der Waals surface area contributed by atoms with Crippen molar-refractivity contribution < 1.29 is 9.90 Å². The molecule has 0 amide bonds. The van der Waals surface area contributed by atoms with Gasteiger partial charge in [0.25, 0.3) is 0 Å². The predicted octanol–water partition coefficient (Wildman–Crippen LogP) is 1.75. The largest absolute Gasteiger partial charge is 0.481 e. The van der Waals surface area contributed by atoms with Crippen molar-refractivity contribution in [3.8, 4) is 5.69 Å². The van der Waals surface area contributed by atoms with Gasteiger partial charge in [-0.05, 0) is 30.5 Å². The molecule has 0 atom stereocenters. The van der Waals surface area contributed by atoms with Crippen LogP contribution in [0.2, 0.25) is 0 Å². The molecule has 0 aliphatic carbocycles. The van der Waals surface area contributed by atoms with Gasteiger partial charge in [0.15, 0.2) is 5.16 Å². The SMILES string of the molecule is CSc1ccc(-n2c(N)nnc2SCC(=O)O)cc1. The van der Waals surface area contributed by atoms with E-state index in [1.807, 2.05) is 30.5 Å². The third-order valence-electron chi connectivity index (χ3n) is 2.31. The summed E-state index contributed by atoms with van der Waals surface area (Å²) in [6.07, 6.45) is 2.00. The van der Waals surface area contributed by atoms with Crippen molar-refractivity contribution >= 4 is 35.4 Å². The van der Waals surface area contributed by atoms with E-state index in [0.717, 1.165) is 22.3 Å². The predicted molar refractivity (Wildman–Crippen MR) is 75.9 cm³/mol. The van der Waals surface area contributed by atoms with Crippen LogP contribution in [-0.4, -0.2) is 37.8 Å². The van der Waals surface area contributed by atoms with Crippen molar-refractivity contribution in [2.45, 2.75) is 10.1 Å². The van der Waals surface area contributed by atoms with E-state index in [2.05, 4.69) is 10.2 Å². The summed E-state index contributed by atoms with van der Waals surface area (Å²) in [6.45, 7) is 0. The summed E-state index contributed by atoms with van der Waals surface area (Å²) in [5.74, 6) is -0.748. The molecule has 8 heteroatoms. The number of carboxylic acid groups (broad SMARTS) is 1. The van der Waals surface area contributed by atoms with E-state index in [1.165, 1.54) is 0 Å². The summed E-state index contributed by atoms with van der Waals surface area (Å²) in [5.41, 5.74) is 6.59. The Labute approximate surface area is 118 Å². The Balaban J connectivity index is 2.31. The second kappa shape index (κ2) is 5.98. The highest BCUT2D eigenvalue weighted by molar-refractivity contribution is 7.99. The number of carboxylic acids is 1. The molecule has 0 unspecified atom stereocenters. The number of anilines is 1. The highest BCUT2D eigenvalue weighted by atomic mass is 32.2. The molecule has 0 saturated carbocycles. The third-order valence-corrected chi connectivity index (χ3v) is 3.97. The zero-order valence-corrected chi connectivity index (χ0v) is 11.7. The molecule has 19 heavy (non-hydrogen) atoms. The van der Waals surface area contributed by atoms with Crippen molar-refractivity contribution in [3.05, 3.63) is 24.3 Å². The molecular formula is C11H12N4O2S2. The van der Waals surface area contributed by atoms with Crippen LogP contribution in [0.15, 0.2) is 34.3 Å². The summed E-state index contributed by atoms with van der Waals surface area (Å²) in [6, 6.07) is 7.73. The van der Waals surface area contributed by atoms with Gasteiger partial charge >= 0.3 is 5.97 Å². The molecule has 0 spiro atoms. The van der Waals surface area contributed by atoms with Gasteiger partial charge in [0, 0.05) is 4.90 Å². The molecule has 2 rings (SSSR count). The quantitative estimate of drug-likeness (QED) is 0.812. The zero-order chi connectivity index (χ0) is 13.8. The molecule has 1 heterocycles. The first-order valence-corrected chi connectivity index (χ1v) is 7.52. The lowest BCUT2D eigenvalue weighted by atomic mass is 10.3. The summed E-state index contributed by atoms with van der Waals surface area (Å²) in [7, 11) is 0. The molecule has 0 fully saturated rings. The fourth-order valence-electron chi connectivity index (χ4n) is 1.48. The maximum Gasteiger partial charge on any atom is 0.313 e. The molecule has 3 N–H and O–H groups in total. The number of thioether (sulfide) groups is 2. The Kier molecular flexibility index (Phi) is 4.33. The van der Waals surface area contributed by atoms with Gasteiger partial charge in [-0.2, -0.15) is 0 Å². The number of carbonyl (C=O) groups is 1. The monoisotopic (exact) mass is 296 g/mol. The second-order valence-corrected chi connectivity index (χ2v) is 5.38. The fourth-order valence-corrected chi connectivity index (χ4v) is 2.56. The number of nitrogen functional groups attached to an aromatic ring is 1. The Bertz CT molecular complexity index is 583. The average molecular weight is 296 g/mol. The van der Waals surface area contributed by atoms with E-state index in [0.29, 0.717) is 5.16 Å². The van der Waals surface area contributed by atoms with E-state index < -0.39 is 5.97 Å². The van der Waals surface area contributed by atoms with Crippen LogP contribution in [-0.2, 0) is 4.79 Å². The van der Waals surface area contributed by atoms with Gasteiger partial charge in [0.05, 0.1) is 11.4 Å². The lowest BCUT2D eigenvalue weighted by molar-refractivity contribution is -0.133. The highest BCUT2D eigenvalue weighted by Gasteiger charge is 2.13. The van der Waals surface area contributed by atoms with Crippen LogP contribution in [0, 0.1) is 0 Å². The van der Waals surface area contributed by atoms with Crippen LogP contribution in [0.25, 0.3) is 5.69 Å². The van der Waals surface area contributed by atoms with Crippen LogP contribution < -0.4 is 5.73 Å². The van der Waals surface area contributed by atoms with Crippen LogP contribution >= 0.6 is 23.5 Å². The molecule has 0 aliphatic rings. The lowest BCUT2D eigenvalue weighted by Crippen LogP contribution is -2.04. The normalized spacial score (nSPS) is 10.6. The maximum atomic E-state index is 10.6. The number of rotatable bonds is 5. The number of nitrogens with two attached hydrogens (primary N) is 1. The van der Waals surface area contributed by atoms with E-state index in [9.17, 15) is 4.79 Å². The summed E-state index contributed by atoms with van der Waals surface area (Å²) < 4.78 is 1.64.